The molecule has 12 heavy (non-hydrogen) atoms. The number of hydrogen-bond donors (Lipinski definition) is 1. The first-order valence-corrected chi connectivity index (χ1v) is 4.46. The highest BCUT2D eigenvalue weighted by Gasteiger charge is 2.04. The minimum absolute atomic E-state index is 0.583. The van der Waals surface area contributed by atoms with Crippen LogP contribution < -0.4 is 5.73 Å². The van der Waals surface area contributed by atoms with E-state index < -0.39 is 0 Å². The molecule has 1 aromatic rings. The predicted molar refractivity (Wildman–Crippen MR) is 50.8 cm³/mol. The standard InChI is InChI=1S/C10H16N2/c1-2-9(8-11)7-10-5-3-4-6-12-10/h3-6,9H,2,7-8,11H2,1H3. The van der Waals surface area contributed by atoms with Crippen LogP contribution >= 0.6 is 0 Å². The molecule has 66 valence electrons. The van der Waals surface area contributed by atoms with Gasteiger partial charge >= 0.3 is 0 Å². The molecule has 0 fully saturated rings. The average Bonchev–Trinajstić information content (AvgIpc) is 2.16. The molecule has 0 bridgehead atoms. The first kappa shape index (κ1) is 9.20. The first-order chi connectivity index (χ1) is 5.86. The van der Waals surface area contributed by atoms with E-state index in [1.807, 2.05) is 18.3 Å². The van der Waals surface area contributed by atoms with Crippen LogP contribution in [0.1, 0.15) is 19.0 Å². The van der Waals surface area contributed by atoms with E-state index in [9.17, 15) is 0 Å². The summed E-state index contributed by atoms with van der Waals surface area (Å²) in [6, 6.07) is 6.01. The van der Waals surface area contributed by atoms with Crippen LogP contribution in [-0.4, -0.2) is 11.5 Å². The van der Waals surface area contributed by atoms with E-state index in [2.05, 4.69) is 18.0 Å². The van der Waals surface area contributed by atoms with Gasteiger partial charge in [-0.2, -0.15) is 0 Å². The summed E-state index contributed by atoms with van der Waals surface area (Å²) in [6.07, 6.45) is 3.97. The number of aromatic nitrogens is 1. The quantitative estimate of drug-likeness (QED) is 0.734. The summed E-state index contributed by atoms with van der Waals surface area (Å²) in [6.45, 7) is 2.92. The molecule has 1 atom stereocenters. The monoisotopic (exact) mass is 164 g/mol. The molecule has 0 radical (unpaired) electrons. The Bertz CT molecular complexity index is 204. The van der Waals surface area contributed by atoms with E-state index >= 15 is 0 Å². The summed E-state index contributed by atoms with van der Waals surface area (Å²) in [7, 11) is 0. The van der Waals surface area contributed by atoms with E-state index in [1.165, 1.54) is 0 Å². The van der Waals surface area contributed by atoms with Gasteiger partial charge in [-0.3, -0.25) is 4.98 Å². The zero-order chi connectivity index (χ0) is 8.81. The molecule has 2 nitrogen and oxygen atoms in total. The van der Waals surface area contributed by atoms with Crippen molar-refractivity contribution in [1.82, 2.24) is 4.98 Å². The van der Waals surface area contributed by atoms with E-state index in [-0.39, 0.29) is 0 Å². The summed E-state index contributed by atoms with van der Waals surface area (Å²) in [4.78, 5) is 4.26. The molecular weight excluding hydrogens is 148 g/mol. The van der Waals surface area contributed by atoms with Crippen molar-refractivity contribution in [2.45, 2.75) is 19.8 Å². The van der Waals surface area contributed by atoms with E-state index in [0.29, 0.717) is 5.92 Å². The molecule has 0 amide bonds. The minimum atomic E-state index is 0.583. The number of pyridine rings is 1. The van der Waals surface area contributed by atoms with Gasteiger partial charge in [0.05, 0.1) is 0 Å². The lowest BCUT2D eigenvalue weighted by molar-refractivity contribution is 0.513. The van der Waals surface area contributed by atoms with Crippen LogP contribution in [0.5, 0.6) is 0 Å². The summed E-state index contributed by atoms with van der Waals surface area (Å²) in [5.74, 6) is 0.583. The molecule has 0 aliphatic heterocycles. The third-order valence-electron chi connectivity index (χ3n) is 2.13. The molecule has 1 aromatic heterocycles. The Kier molecular flexibility index (Phi) is 3.74. The lowest BCUT2D eigenvalue weighted by Crippen LogP contribution is -2.16. The zero-order valence-electron chi connectivity index (χ0n) is 7.53. The summed E-state index contributed by atoms with van der Waals surface area (Å²) >= 11 is 0. The maximum Gasteiger partial charge on any atom is 0.0406 e. The van der Waals surface area contributed by atoms with Gasteiger partial charge < -0.3 is 5.73 Å². The number of rotatable bonds is 4. The highest BCUT2D eigenvalue weighted by molar-refractivity contribution is 5.04. The fraction of sp³-hybridized carbons (Fsp3) is 0.500. The molecule has 1 rings (SSSR count). The first-order valence-electron chi connectivity index (χ1n) is 4.46. The Balaban J connectivity index is 2.51. The molecule has 1 unspecified atom stereocenters. The number of nitrogens with zero attached hydrogens (tertiary/aromatic N) is 1. The molecule has 1 heterocycles. The molecule has 2 heteroatoms. The van der Waals surface area contributed by atoms with Crippen molar-refractivity contribution < 1.29 is 0 Å². The molecule has 0 aliphatic rings. The zero-order valence-corrected chi connectivity index (χ0v) is 7.53. The third kappa shape index (κ3) is 2.62. The topological polar surface area (TPSA) is 38.9 Å². The number of hydrogen-bond acceptors (Lipinski definition) is 2. The van der Waals surface area contributed by atoms with Crippen molar-refractivity contribution >= 4 is 0 Å². The van der Waals surface area contributed by atoms with Gasteiger partial charge in [0.1, 0.15) is 0 Å². The Morgan fingerprint density at radius 3 is 2.83 bits per heavy atom. The van der Waals surface area contributed by atoms with Crippen LogP contribution in [0.25, 0.3) is 0 Å². The van der Waals surface area contributed by atoms with Gasteiger partial charge in [0.25, 0.3) is 0 Å². The molecular formula is C10H16N2. The largest absolute Gasteiger partial charge is 0.330 e. The normalized spacial score (nSPS) is 12.8. The van der Waals surface area contributed by atoms with Crippen LogP contribution in [0.3, 0.4) is 0 Å². The van der Waals surface area contributed by atoms with Gasteiger partial charge in [-0.05, 0) is 31.0 Å². The highest BCUT2D eigenvalue weighted by Crippen LogP contribution is 2.07. The number of nitrogens with two attached hydrogens (primary N) is 1. The van der Waals surface area contributed by atoms with E-state index in [0.717, 1.165) is 25.1 Å². The van der Waals surface area contributed by atoms with Crippen molar-refractivity contribution in [3.63, 3.8) is 0 Å². The molecule has 0 saturated carbocycles. The summed E-state index contributed by atoms with van der Waals surface area (Å²) in [5.41, 5.74) is 6.75. The summed E-state index contributed by atoms with van der Waals surface area (Å²) in [5, 5.41) is 0. The lowest BCUT2D eigenvalue weighted by atomic mass is 10.0. The van der Waals surface area contributed by atoms with Crippen molar-refractivity contribution in [2.75, 3.05) is 6.54 Å². The van der Waals surface area contributed by atoms with Gasteiger partial charge in [0.2, 0.25) is 0 Å². The van der Waals surface area contributed by atoms with Crippen molar-refractivity contribution in [3.05, 3.63) is 30.1 Å². The lowest BCUT2D eigenvalue weighted by Gasteiger charge is -2.10. The molecule has 0 spiro atoms. The molecule has 2 N–H and O–H groups in total. The Morgan fingerprint density at radius 1 is 1.50 bits per heavy atom. The van der Waals surface area contributed by atoms with Crippen molar-refractivity contribution in [1.29, 1.82) is 0 Å². The Labute approximate surface area is 73.8 Å². The smallest absolute Gasteiger partial charge is 0.0406 e. The van der Waals surface area contributed by atoms with Crippen molar-refractivity contribution in [3.8, 4) is 0 Å². The second kappa shape index (κ2) is 4.88. The third-order valence-corrected chi connectivity index (χ3v) is 2.13. The van der Waals surface area contributed by atoms with Crippen LogP contribution in [0.4, 0.5) is 0 Å². The highest BCUT2D eigenvalue weighted by atomic mass is 14.7. The van der Waals surface area contributed by atoms with Gasteiger partial charge in [-0.25, -0.2) is 0 Å². The van der Waals surface area contributed by atoms with Crippen LogP contribution in [0.15, 0.2) is 24.4 Å². The Morgan fingerprint density at radius 2 is 2.33 bits per heavy atom. The predicted octanol–water partition coefficient (Wildman–Crippen LogP) is 1.61. The van der Waals surface area contributed by atoms with E-state index in [4.69, 9.17) is 5.73 Å². The SMILES string of the molecule is CCC(CN)Cc1ccccn1. The van der Waals surface area contributed by atoms with Gasteiger partial charge in [-0.1, -0.05) is 19.4 Å². The maximum absolute atomic E-state index is 5.60. The van der Waals surface area contributed by atoms with Crippen LogP contribution in [0, 0.1) is 5.92 Å². The van der Waals surface area contributed by atoms with Crippen LogP contribution in [-0.2, 0) is 6.42 Å². The minimum Gasteiger partial charge on any atom is -0.330 e. The molecule has 0 aliphatic carbocycles. The molecule has 0 saturated heterocycles. The fourth-order valence-electron chi connectivity index (χ4n) is 1.21. The summed E-state index contributed by atoms with van der Waals surface area (Å²) < 4.78 is 0. The molecule has 0 aromatic carbocycles. The fourth-order valence-corrected chi connectivity index (χ4v) is 1.21. The van der Waals surface area contributed by atoms with E-state index in [1.54, 1.807) is 0 Å². The van der Waals surface area contributed by atoms with Gasteiger partial charge in [0, 0.05) is 11.9 Å². The van der Waals surface area contributed by atoms with Crippen LogP contribution in [0.2, 0.25) is 0 Å². The average molecular weight is 164 g/mol. The van der Waals surface area contributed by atoms with Crippen molar-refractivity contribution in [2.24, 2.45) is 11.7 Å². The second-order valence-corrected chi connectivity index (χ2v) is 3.04. The van der Waals surface area contributed by atoms with Gasteiger partial charge in [-0.15, -0.1) is 0 Å². The second-order valence-electron chi connectivity index (χ2n) is 3.04. The Hall–Kier alpha value is -0.890. The van der Waals surface area contributed by atoms with Gasteiger partial charge in [0.15, 0.2) is 0 Å². The maximum atomic E-state index is 5.60.